The van der Waals surface area contributed by atoms with E-state index in [1.807, 2.05) is 23.6 Å². The third kappa shape index (κ3) is 7.25. The minimum absolute atomic E-state index is 0. The first-order valence-corrected chi connectivity index (χ1v) is 7.95. The maximum absolute atomic E-state index is 12.2. The second kappa shape index (κ2) is 11.9. The smallest absolute Gasteiger partial charge is 0.236 e. The van der Waals surface area contributed by atoms with Gasteiger partial charge in [0.1, 0.15) is 0 Å². The van der Waals surface area contributed by atoms with Gasteiger partial charge >= 0.3 is 0 Å². The van der Waals surface area contributed by atoms with Gasteiger partial charge in [-0.15, -0.1) is 24.8 Å². The largest absolute Gasteiger partial charge is 0.339 e. The fraction of sp³-hybridized carbons (Fsp3) is 0.867. The second-order valence-corrected chi connectivity index (χ2v) is 5.82. The Bertz CT molecular complexity index is 357. The summed E-state index contributed by atoms with van der Waals surface area (Å²) >= 11 is 0. The Balaban J connectivity index is 0. The van der Waals surface area contributed by atoms with Crippen LogP contribution in [0.2, 0.25) is 0 Å². The third-order valence-corrected chi connectivity index (χ3v) is 4.38. The summed E-state index contributed by atoms with van der Waals surface area (Å²) < 4.78 is 0. The first-order valence-electron chi connectivity index (χ1n) is 7.95. The molecule has 0 bridgehead atoms. The van der Waals surface area contributed by atoms with Crippen LogP contribution in [0.4, 0.5) is 0 Å². The number of hydrogen-bond donors (Lipinski definition) is 1. The number of hydrogen-bond acceptors (Lipinski definition) is 4. The topological polar surface area (TPSA) is 69.9 Å². The van der Waals surface area contributed by atoms with Gasteiger partial charge in [0.05, 0.1) is 12.5 Å². The van der Waals surface area contributed by atoms with E-state index in [1.165, 1.54) is 0 Å². The highest BCUT2D eigenvalue weighted by Gasteiger charge is 2.28. The first kappa shape index (κ1) is 24.7. The predicted molar refractivity (Wildman–Crippen MR) is 98.3 cm³/mol. The van der Waals surface area contributed by atoms with E-state index >= 15 is 0 Å². The molecule has 1 heterocycles. The van der Waals surface area contributed by atoms with Crippen molar-refractivity contribution < 1.29 is 9.59 Å². The van der Waals surface area contributed by atoms with Crippen LogP contribution in [0, 0.1) is 5.92 Å². The number of amides is 2. The number of nitrogens with zero attached hydrogens (tertiary/aromatic N) is 3. The van der Waals surface area contributed by atoms with Gasteiger partial charge in [-0.05, 0) is 20.0 Å². The molecule has 23 heavy (non-hydrogen) atoms. The SMILES string of the molecule is CCN(CC)CC(=O)N1CCN(C(=O)C(C)C(C)N)CC1.Cl.Cl. The van der Waals surface area contributed by atoms with Crippen LogP contribution in [0.15, 0.2) is 0 Å². The molecule has 0 aromatic carbocycles. The van der Waals surface area contributed by atoms with Gasteiger partial charge in [0.15, 0.2) is 0 Å². The minimum Gasteiger partial charge on any atom is -0.339 e. The van der Waals surface area contributed by atoms with E-state index in [9.17, 15) is 9.59 Å². The van der Waals surface area contributed by atoms with Crippen molar-refractivity contribution in [3.8, 4) is 0 Å². The molecule has 1 aliphatic heterocycles. The molecule has 0 aromatic heterocycles. The number of carbonyl (C=O) groups is 2. The van der Waals surface area contributed by atoms with E-state index < -0.39 is 0 Å². The lowest BCUT2D eigenvalue weighted by Gasteiger charge is -2.37. The third-order valence-electron chi connectivity index (χ3n) is 4.38. The van der Waals surface area contributed by atoms with Crippen molar-refractivity contribution in [3.63, 3.8) is 0 Å². The molecule has 2 amide bonds. The van der Waals surface area contributed by atoms with Crippen molar-refractivity contribution >= 4 is 36.6 Å². The van der Waals surface area contributed by atoms with Gasteiger partial charge in [-0.25, -0.2) is 0 Å². The molecule has 1 saturated heterocycles. The lowest BCUT2D eigenvalue weighted by Crippen LogP contribution is -2.54. The van der Waals surface area contributed by atoms with E-state index in [1.54, 1.807) is 0 Å². The van der Waals surface area contributed by atoms with Gasteiger partial charge in [-0.1, -0.05) is 20.8 Å². The van der Waals surface area contributed by atoms with Gasteiger partial charge < -0.3 is 15.5 Å². The molecule has 2 atom stereocenters. The lowest BCUT2D eigenvalue weighted by molar-refractivity contribution is -0.142. The summed E-state index contributed by atoms with van der Waals surface area (Å²) in [5, 5.41) is 0. The fourth-order valence-electron chi connectivity index (χ4n) is 2.43. The summed E-state index contributed by atoms with van der Waals surface area (Å²) in [7, 11) is 0. The molecule has 8 heteroatoms. The summed E-state index contributed by atoms with van der Waals surface area (Å²) in [5.41, 5.74) is 5.79. The lowest BCUT2D eigenvalue weighted by atomic mass is 10.0. The molecule has 1 rings (SSSR count). The quantitative estimate of drug-likeness (QED) is 0.751. The Morgan fingerprint density at radius 2 is 1.43 bits per heavy atom. The fourth-order valence-corrected chi connectivity index (χ4v) is 2.43. The van der Waals surface area contributed by atoms with E-state index in [2.05, 4.69) is 18.7 Å². The Morgan fingerprint density at radius 3 is 1.83 bits per heavy atom. The van der Waals surface area contributed by atoms with E-state index in [0.717, 1.165) is 13.1 Å². The van der Waals surface area contributed by atoms with Crippen LogP contribution in [0.3, 0.4) is 0 Å². The van der Waals surface area contributed by atoms with Crippen LogP contribution in [0.5, 0.6) is 0 Å². The Labute approximate surface area is 152 Å². The monoisotopic (exact) mass is 370 g/mol. The summed E-state index contributed by atoms with van der Waals surface area (Å²) in [5.74, 6) is 0.0924. The van der Waals surface area contributed by atoms with Gasteiger partial charge in [-0.3, -0.25) is 14.5 Å². The molecule has 138 valence electrons. The molecule has 0 aliphatic carbocycles. The number of nitrogens with two attached hydrogens (primary N) is 1. The van der Waals surface area contributed by atoms with Crippen LogP contribution in [0.1, 0.15) is 27.7 Å². The average Bonchev–Trinajstić information content (AvgIpc) is 2.50. The van der Waals surface area contributed by atoms with Crippen LogP contribution in [0.25, 0.3) is 0 Å². The Hall–Kier alpha value is -0.560. The maximum atomic E-state index is 12.2. The van der Waals surface area contributed by atoms with Gasteiger partial charge in [-0.2, -0.15) is 0 Å². The molecule has 1 aliphatic rings. The first-order chi connectivity index (χ1) is 9.90. The molecule has 1 fully saturated rings. The molecule has 6 nitrogen and oxygen atoms in total. The summed E-state index contributed by atoms with van der Waals surface area (Å²) in [6.07, 6.45) is 0. The number of rotatable bonds is 6. The summed E-state index contributed by atoms with van der Waals surface area (Å²) in [4.78, 5) is 30.2. The molecular formula is C15H32Cl2N4O2. The highest BCUT2D eigenvalue weighted by atomic mass is 35.5. The molecule has 0 aromatic rings. The highest BCUT2D eigenvalue weighted by Crippen LogP contribution is 2.10. The van der Waals surface area contributed by atoms with Crippen LogP contribution >= 0.6 is 24.8 Å². The molecule has 2 N–H and O–H groups in total. The van der Waals surface area contributed by atoms with Crippen molar-refractivity contribution in [2.75, 3.05) is 45.8 Å². The van der Waals surface area contributed by atoms with Crippen LogP contribution in [-0.2, 0) is 9.59 Å². The molecule has 0 spiro atoms. The van der Waals surface area contributed by atoms with Crippen molar-refractivity contribution in [1.29, 1.82) is 0 Å². The van der Waals surface area contributed by atoms with Crippen molar-refractivity contribution in [3.05, 3.63) is 0 Å². The summed E-state index contributed by atoms with van der Waals surface area (Å²) in [6.45, 7) is 12.5. The van der Waals surface area contributed by atoms with Crippen molar-refractivity contribution in [1.82, 2.24) is 14.7 Å². The maximum Gasteiger partial charge on any atom is 0.236 e. The van der Waals surface area contributed by atoms with Gasteiger partial charge in [0, 0.05) is 32.2 Å². The van der Waals surface area contributed by atoms with Crippen molar-refractivity contribution in [2.45, 2.75) is 33.7 Å². The zero-order valence-corrected chi connectivity index (χ0v) is 16.3. The van der Waals surface area contributed by atoms with Gasteiger partial charge in [0.2, 0.25) is 11.8 Å². The highest BCUT2D eigenvalue weighted by molar-refractivity contribution is 5.85. The second-order valence-electron chi connectivity index (χ2n) is 5.82. The van der Waals surface area contributed by atoms with Crippen LogP contribution in [-0.4, -0.2) is 78.4 Å². The summed E-state index contributed by atoms with van der Waals surface area (Å²) in [6, 6.07) is -0.139. The number of likely N-dealkylation sites (N-methyl/N-ethyl adjacent to an activating group) is 1. The normalized spacial score (nSPS) is 17.1. The Morgan fingerprint density at radius 1 is 1.00 bits per heavy atom. The minimum atomic E-state index is -0.164. The standard InChI is InChI=1S/C15H30N4O2.2ClH/c1-5-17(6-2)11-14(20)18-7-9-19(10-8-18)15(21)12(3)13(4)16;;/h12-13H,5-11,16H2,1-4H3;2*1H. The van der Waals surface area contributed by atoms with Crippen molar-refractivity contribution in [2.24, 2.45) is 11.7 Å². The zero-order chi connectivity index (χ0) is 16.0. The molecule has 0 radical (unpaired) electrons. The zero-order valence-electron chi connectivity index (χ0n) is 14.7. The number of piperazine rings is 1. The molecular weight excluding hydrogens is 339 g/mol. The van der Waals surface area contributed by atoms with Crippen LogP contribution < -0.4 is 5.73 Å². The van der Waals surface area contributed by atoms with E-state index in [-0.39, 0.29) is 48.6 Å². The molecule has 0 saturated carbocycles. The van der Waals surface area contributed by atoms with E-state index in [0.29, 0.717) is 32.7 Å². The number of halogens is 2. The van der Waals surface area contributed by atoms with Gasteiger partial charge in [0.25, 0.3) is 0 Å². The average molecular weight is 371 g/mol. The number of carbonyl (C=O) groups excluding carboxylic acids is 2. The Kier molecular flexibility index (Phi) is 12.8. The predicted octanol–water partition coefficient (Wildman–Crippen LogP) is 0.826. The van der Waals surface area contributed by atoms with E-state index in [4.69, 9.17) is 5.73 Å². The molecule has 2 unspecified atom stereocenters.